The molecule has 3 rings (SSSR count). The van der Waals surface area contributed by atoms with Crippen LogP contribution >= 0.6 is 0 Å². The number of hydrogen-bond acceptors (Lipinski definition) is 3. The predicted molar refractivity (Wildman–Crippen MR) is 99.2 cm³/mol. The van der Waals surface area contributed by atoms with Gasteiger partial charge >= 0.3 is 0 Å². The monoisotopic (exact) mass is 335 g/mol. The number of nitrogens with zero attached hydrogens (tertiary/aromatic N) is 2. The zero-order valence-corrected chi connectivity index (χ0v) is 14.4. The maximum Gasteiger partial charge on any atom is 0.246 e. The smallest absolute Gasteiger partial charge is 0.246 e. The molecule has 5 heteroatoms. The first-order valence-electron chi connectivity index (χ1n) is 8.25. The van der Waals surface area contributed by atoms with Gasteiger partial charge < -0.3 is 14.6 Å². The Morgan fingerprint density at radius 2 is 1.96 bits per heavy atom. The molecule has 0 atom stereocenters. The van der Waals surface area contributed by atoms with E-state index in [1.54, 1.807) is 24.1 Å². The Bertz CT molecular complexity index is 848. The quantitative estimate of drug-likeness (QED) is 0.700. The van der Waals surface area contributed by atoms with E-state index < -0.39 is 0 Å². The highest BCUT2D eigenvalue weighted by Gasteiger charge is 2.09. The number of benzene rings is 2. The van der Waals surface area contributed by atoms with Crippen molar-refractivity contribution in [2.75, 3.05) is 13.7 Å². The number of carbonyl (C=O) groups is 1. The molecule has 0 bridgehead atoms. The lowest BCUT2D eigenvalue weighted by Crippen LogP contribution is -2.24. The Morgan fingerprint density at radius 3 is 2.68 bits per heavy atom. The Morgan fingerprint density at radius 1 is 1.20 bits per heavy atom. The number of likely N-dealkylation sites (N-methyl/N-ethyl adjacent to an activating group) is 1. The molecule has 0 aliphatic heterocycles. The lowest BCUT2D eigenvalue weighted by atomic mass is 10.2. The summed E-state index contributed by atoms with van der Waals surface area (Å²) in [6.45, 7) is 3.02. The van der Waals surface area contributed by atoms with Gasteiger partial charge in [-0.15, -0.1) is 0 Å². The molecule has 3 aromatic rings. The summed E-state index contributed by atoms with van der Waals surface area (Å²) in [7, 11) is 1.76. The molecular weight excluding hydrogens is 314 g/mol. The van der Waals surface area contributed by atoms with Crippen LogP contribution in [0.15, 0.2) is 54.6 Å². The highest BCUT2D eigenvalue weighted by atomic mass is 16.5. The van der Waals surface area contributed by atoms with Crippen LogP contribution in [0.25, 0.3) is 17.1 Å². The van der Waals surface area contributed by atoms with Crippen LogP contribution < -0.4 is 4.74 Å². The van der Waals surface area contributed by atoms with Gasteiger partial charge in [0, 0.05) is 13.1 Å². The number of para-hydroxylation sites is 2. The van der Waals surface area contributed by atoms with E-state index in [4.69, 9.17) is 4.74 Å². The van der Waals surface area contributed by atoms with Gasteiger partial charge in [0.1, 0.15) is 11.6 Å². The van der Waals surface area contributed by atoms with Gasteiger partial charge in [0.15, 0.2) is 0 Å². The fourth-order valence-electron chi connectivity index (χ4n) is 2.52. The van der Waals surface area contributed by atoms with E-state index in [2.05, 4.69) is 9.97 Å². The summed E-state index contributed by atoms with van der Waals surface area (Å²) in [5.41, 5.74) is 2.83. The number of nitrogens with one attached hydrogen (secondary N) is 1. The molecule has 0 unspecified atom stereocenters. The van der Waals surface area contributed by atoms with Crippen molar-refractivity contribution in [3.63, 3.8) is 0 Å². The van der Waals surface area contributed by atoms with Gasteiger partial charge in [0.2, 0.25) is 5.91 Å². The van der Waals surface area contributed by atoms with Crippen molar-refractivity contribution in [1.29, 1.82) is 0 Å². The summed E-state index contributed by atoms with van der Waals surface area (Å²) in [5, 5.41) is 0. The SMILES string of the molecule is CCOc1ccc(/C=C/C(=O)N(C)Cc2nc3ccccc3[nH]2)cc1. The number of fused-ring (bicyclic) bond motifs is 1. The van der Waals surface area contributed by atoms with E-state index in [-0.39, 0.29) is 5.91 Å². The third-order valence-corrected chi connectivity index (χ3v) is 3.81. The zero-order valence-electron chi connectivity index (χ0n) is 14.4. The molecule has 5 nitrogen and oxygen atoms in total. The topological polar surface area (TPSA) is 58.2 Å². The third kappa shape index (κ3) is 4.26. The van der Waals surface area contributed by atoms with Crippen LogP contribution in [0, 0.1) is 0 Å². The number of amides is 1. The van der Waals surface area contributed by atoms with Gasteiger partial charge in [-0.05, 0) is 42.8 Å². The minimum absolute atomic E-state index is 0.0747. The standard InChI is InChI=1S/C20H21N3O2/c1-3-25-16-11-8-15(9-12-16)10-13-20(24)23(2)14-19-21-17-6-4-5-7-18(17)22-19/h4-13H,3,14H2,1-2H3,(H,21,22)/b13-10+. The molecule has 0 aliphatic carbocycles. The number of hydrogen-bond donors (Lipinski definition) is 1. The first-order chi connectivity index (χ1) is 12.2. The minimum atomic E-state index is -0.0747. The average molecular weight is 335 g/mol. The van der Waals surface area contributed by atoms with Crippen LogP contribution in [0.2, 0.25) is 0 Å². The van der Waals surface area contributed by atoms with Crippen molar-refractivity contribution in [3.05, 3.63) is 66.0 Å². The molecule has 1 amide bonds. The summed E-state index contributed by atoms with van der Waals surface area (Å²) in [6, 6.07) is 15.5. The molecule has 128 valence electrons. The maximum absolute atomic E-state index is 12.3. The summed E-state index contributed by atoms with van der Waals surface area (Å²) in [6.07, 6.45) is 3.37. The second kappa shape index (κ2) is 7.66. The summed E-state index contributed by atoms with van der Waals surface area (Å²) in [4.78, 5) is 21.6. The first kappa shape index (κ1) is 16.8. The second-order valence-corrected chi connectivity index (χ2v) is 5.73. The zero-order chi connectivity index (χ0) is 17.6. The number of rotatable bonds is 6. The number of H-pyrrole nitrogens is 1. The Kier molecular flexibility index (Phi) is 5.14. The summed E-state index contributed by atoms with van der Waals surface area (Å²) in [5.74, 6) is 1.52. The fourth-order valence-corrected chi connectivity index (χ4v) is 2.52. The van der Waals surface area contributed by atoms with E-state index in [0.29, 0.717) is 13.2 Å². The van der Waals surface area contributed by atoms with Crippen LogP contribution in [-0.4, -0.2) is 34.4 Å². The van der Waals surface area contributed by atoms with Crippen molar-refractivity contribution in [2.45, 2.75) is 13.5 Å². The lowest BCUT2D eigenvalue weighted by Gasteiger charge is -2.13. The van der Waals surface area contributed by atoms with Crippen molar-refractivity contribution in [1.82, 2.24) is 14.9 Å². The molecule has 1 aromatic heterocycles. The lowest BCUT2D eigenvalue weighted by molar-refractivity contribution is -0.125. The molecule has 2 aromatic carbocycles. The van der Waals surface area contributed by atoms with Gasteiger partial charge in [0.05, 0.1) is 24.2 Å². The number of imidazole rings is 1. The molecule has 0 saturated heterocycles. The van der Waals surface area contributed by atoms with E-state index in [0.717, 1.165) is 28.2 Å². The summed E-state index contributed by atoms with van der Waals surface area (Å²) >= 11 is 0. The molecule has 0 aliphatic rings. The molecule has 1 heterocycles. The van der Waals surface area contributed by atoms with Crippen LogP contribution in [0.3, 0.4) is 0 Å². The molecule has 0 saturated carbocycles. The predicted octanol–water partition coefficient (Wildman–Crippen LogP) is 3.63. The van der Waals surface area contributed by atoms with Crippen molar-refractivity contribution >= 4 is 23.0 Å². The van der Waals surface area contributed by atoms with E-state index >= 15 is 0 Å². The maximum atomic E-state index is 12.3. The number of aromatic nitrogens is 2. The Hall–Kier alpha value is -3.08. The first-order valence-corrected chi connectivity index (χ1v) is 8.25. The number of ether oxygens (including phenoxy) is 1. The molecular formula is C20H21N3O2. The highest BCUT2D eigenvalue weighted by molar-refractivity contribution is 5.91. The van der Waals surface area contributed by atoms with Crippen LogP contribution in [0.4, 0.5) is 0 Å². The molecule has 0 spiro atoms. The molecule has 1 N–H and O–H groups in total. The summed E-state index contributed by atoms with van der Waals surface area (Å²) < 4.78 is 5.41. The van der Waals surface area contributed by atoms with Gasteiger partial charge in [-0.3, -0.25) is 4.79 Å². The van der Waals surface area contributed by atoms with Crippen LogP contribution in [-0.2, 0) is 11.3 Å². The van der Waals surface area contributed by atoms with E-state index in [9.17, 15) is 4.79 Å². The average Bonchev–Trinajstić information content (AvgIpc) is 3.03. The molecule has 0 fully saturated rings. The van der Waals surface area contributed by atoms with Crippen molar-refractivity contribution in [2.24, 2.45) is 0 Å². The fraction of sp³-hybridized carbons (Fsp3) is 0.200. The molecule has 0 radical (unpaired) electrons. The van der Waals surface area contributed by atoms with Gasteiger partial charge in [0.25, 0.3) is 0 Å². The van der Waals surface area contributed by atoms with Gasteiger partial charge in [-0.2, -0.15) is 0 Å². The van der Waals surface area contributed by atoms with Crippen LogP contribution in [0.5, 0.6) is 5.75 Å². The van der Waals surface area contributed by atoms with Gasteiger partial charge in [-0.1, -0.05) is 24.3 Å². The second-order valence-electron chi connectivity index (χ2n) is 5.73. The largest absolute Gasteiger partial charge is 0.494 e. The van der Waals surface area contributed by atoms with Crippen molar-refractivity contribution < 1.29 is 9.53 Å². The van der Waals surface area contributed by atoms with Gasteiger partial charge in [-0.25, -0.2) is 4.98 Å². The number of aromatic amines is 1. The van der Waals surface area contributed by atoms with E-state index in [1.165, 1.54) is 0 Å². The highest BCUT2D eigenvalue weighted by Crippen LogP contribution is 2.14. The van der Waals surface area contributed by atoms with E-state index in [1.807, 2.05) is 55.5 Å². The normalized spacial score (nSPS) is 11.1. The minimum Gasteiger partial charge on any atom is -0.494 e. The number of carbonyl (C=O) groups excluding carboxylic acids is 1. The molecule has 25 heavy (non-hydrogen) atoms. The van der Waals surface area contributed by atoms with Crippen LogP contribution in [0.1, 0.15) is 18.3 Å². The van der Waals surface area contributed by atoms with Crippen molar-refractivity contribution in [3.8, 4) is 5.75 Å². The third-order valence-electron chi connectivity index (χ3n) is 3.81. The Labute approximate surface area is 146 Å². The Balaban J connectivity index is 1.61.